The Morgan fingerprint density at radius 3 is 2.28 bits per heavy atom. The van der Waals surface area contributed by atoms with Gasteiger partial charge in [0.25, 0.3) is 5.91 Å². The molecule has 1 unspecified atom stereocenters. The number of carbonyl (C=O) groups excluding carboxylic acids is 1. The van der Waals surface area contributed by atoms with Gasteiger partial charge < -0.3 is 28.8 Å². The summed E-state index contributed by atoms with van der Waals surface area (Å²) < 4.78 is 24.1. The van der Waals surface area contributed by atoms with Crippen LogP contribution in [0.15, 0.2) is 67.5 Å². The average molecular weight is 636 g/mol. The Morgan fingerprint density at radius 2 is 1.60 bits per heavy atom. The first kappa shape index (κ1) is 29.5. The predicted octanol–water partition coefficient (Wildman–Crippen LogP) is 4.09. The van der Waals surface area contributed by atoms with Crippen LogP contribution >= 0.6 is 0 Å². The number of amides is 1. The zero-order chi connectivity index (χ0) is 32.6. The first-order valence-electron chi connectivity index (χ1n) is 16.1. The monoisotopic (exact) mass is 635 g/mol. The molecule has 240 valence electrons. The van der Waals surface area contributed by atoms with Crippen molar-refractivity contribution in [1.82, 2.24) is 19.1 Å². The summed E-state index contributed by atoms with van der Waals surface area (Å²) in [5.74, 6) is -1.12. The number of hydrogen-bond acceptors (Lipinski definition) is 8. The number of carbonyl (C=O) groups is 1. The molecule has 0 radical (unpaired) electrons. The van der Waals surface area contributed by atoms with Gasteiger partial charge in [-0.25, -0.2) is 4.39 Å². The van der Waals surface area contributed by atoms with E-state index >= 15 is 4.39 Å². The van der Waals surface area contributed by atoms with Gasteiger partial charge >= 0.3 is 0 Å². The highest BCUT2D eigenvalue weighted by molar-refractivity contribution is 6.08. The SMILES string of the molecule is CN1CCN(C(=O)c2cn3c4cc5c(=O)c6ccccc6c(=O)c5cc4oc4c(NCCC5CCCN5C)c(F)cc(c2=O)c43)CC1. The van der Waals surface area contributed by atoms with Crippen molar-refractivity contribution < 1.29 is 13.6 Å². The van der Waals surface area contributed by atoms with Crippen LogP contribution in [-0.2, 0) is 0 Å². The van der Waals surface area contributed by atoms with Crippen molar-refractivity contribution in [2.75, 3.05) is 58.7 Å². The Kier molecular flexibility index (Phi) is 6.99. The number of rotatable bonds is 5. The van der Waals surface area contributed by atoms with E-state index < -0.39 is 17.2 Å². The number of likely N-dealkylation sites (N-methyl/N-ethyl adjacent to an activating group) is 1. The summed E-state index contributed by atoms with van der Waals surface area (Å²) in [5.41, 5.74) is -0.258. The molecule has 11 heteroatoms. The molecule has 4 heterocycles. The van der Waals surface area contributed by atoms with Gasteiger partial charge in [0.2, 0.25) is 5.43 Å². The molecule has 2 aromatic heterocycles. The van der Waals surface area contributed by atoms with Crippen molar-refractivity contribution in [3.05, 3.63) is 90.7 Å². The number of aromatic nitrogens is 1. The maximum atomic E-state index is 16.0. The third-order valence-corrected chi connectivity index (χ3v) is 10.1. The van der Waals surface area contributed by atoms with Crippen LogP contribution in [0.25, 0.3) is 49.1 Å². The lowest BCUT2D eigenvalue weighted by molar-refractivity contribution is 0.0662. The van der Waals surface area contributed by atoms with E-state index in [9.17, 15) is 19.2 Å². The second-order valence-corrected chi connectivity index (χ2v) is 13.0. The van der Waals surface area contributed by atoms with Crippen molar-refractivity contribution in [1.29, 1.82) is 0 Å². The number of benzene rings is 4. The topological polar surface area (TPSA) is 108 Å². The minimum Gasteiger partial charge on any atom is -0.451 e. The first-order chi connectivity index (χ1) is 22.7. The van der Waals surface area contributed by atoms with Crippen LogP contribution in [0, 0.1) is 5.82 Å². The Morgan fingerprint density at radius 1 is 0.894 bits per heavy atom. The number of likely N-dealkylation sites (tertiary alicyclic amines) is 1. The lowest BCUT2D eigenvalue weighted by Gasteiger charge is -2.32. The molecule has 1 atom stereocenters. The minimum atomic E-state index is -0.679. The number of pyridine rings is 1. The van der Waals surface area contributed by atoms with Crippen molar-refractivity contribution in [3.63, 3.8) is 0 Å². The van der Waals surface area contributed by atoms with Crippen LogP contribution in [0.1, 0.15) is 29.6 Å². The largest absolute Gasteiger partial charge is 0.451 e. The number of nitrogens with one attached hydrogen (secondary N) is 1. The van der Waals surface area contributed by atoms with E-state index in [1.807, 2.05) is 7.05 Å². The van der Waals surface area contributed by atoms with E-state index in [1.165, 1.54) is 18.3 Å². The smallest absolute Gasteiger partial charge is 0.259 e. The van der Waals surface area contributed by atoms with Crippen molar-refractivity contribution in [3.8, 4) is 0 Å². The molecule has 4 aromatic carbocycles. The van der Waals surface area contributed by atoms with Crippen LogP contribution in [0.4, 0.5) is 10.1 Å². The average Bonchev–Trinajstić information content (AvgIpc) is 3.49. The Hall–Kier alpha value is -4.87. The molecule has 8 rings (SSSR count). The quantitative estimate of drug-likeness (QED) is 0.223. The molecule has 2 aliphatic rings. The standard InChI is InChI=1S/C36H34FN5O5/c1-39-12-14-41(15-13-39)36(46)26-19-42-28-17-23-24(33(44)22-8-4-3-7-21(22)32(23)43)18-29(28)47-35-30(27(37)16-25(31(35)42)34(26)45)38-10-9-20-6-5-11-40(20)2/h3-4,7-8,16-20,38H,5-6,9-15H2,1-2H3. The summed E-state index contributed by atoms with van der Waals surface area (Å²) in [6.45, 7) is 3.73. The van der Waals surface area contributed by atoms with Crippen molar-refractivity contribution >= 4 is 60.7 Å². The van der Waals surface area contributed by atoms with Gasteiger partial charge in [-0.05, 0) is 58.1 Å². The fraction of sp³-hybridized carbons (Fsp3) is 0.333. The maximum Gasteiger partial charge on any atom is 0.259 e. The molecule has 0 spiro atoms. The minimum absolute atomic E-state index is 0.00493. The van der Waals surface area contributed by atoms with Crippen molar-refractivity contribution in [2.45, 2.75) is 25.3 Å². The van der Waals surface area contributed by atoms with Gasteiger partial charge in [-0.3, -0.25) is 19.2 Å². The molecule has 1 N–H and O–H groups in total. The van der Waals surface area contributed by atoms with E-state index in [0.717, 1.165) is 25.8 Å². The molecule has 2 saturated heterocycles. The van der Waals surface area contributed by atoms with Crippen LogP contribution in [0.2, 0.25) is 0 Å². The molecule has 2 aliphatic heterocycles. The lowest BCUT2D eigenvalue weighted by Crippen LogP contribution is -2.48. The summed E-state index contributed by atoms with van der Waals surface area (Å²) in [6.07, 6.45) is 4.45. The molecule has 47 heavy (non-hydrogen) atoms. The van der Waals surface area contributed by atoms with Crippen LogP contribution < -0.4 is 21.6 Å². The molecule has 0 aliphatic carbocycles. The first-order valence-corrected chi connectivity index (χ1v) is 16.1. The van der Waals surface area contributed by atoms with Crippen LogP contribution in [-0.4, -0.2) is 84.4 Å². The van der Waals surface area contributed by atoms with Gasteiger partial charge in [0.15, 0.2) is 27.8 Å². The van der Waals surface area contributed by atoms with Gasteiger partial charge in [-0.15, -0.1) is 0 Å². The number of anilines is 1. The molecular formula is C36H34FN5O5. The van der Waals surface area contributed by atoms with E-state index in [-0.39, 0.29) is 54.9 Å². The number of nitrogens with zero attached hydrogens (tertiary/aromatic N) is 4. The second-order valence-electron chi connectivity index (χ2n) is 13.0. The fourth-order valence-corrected chi connectivity index (χ4v) is 7.41. The third-order valence-electron chi connectivity index (χ3n) is 10.1. The number of halogens is 1. The van der Waals surface area contributed by atoms with Crippen LogP contribution in [0.5, 0.6) is 0 Å². The van der Waals surface area contributed by atoms with Crippen LogP contribution in [0.3, 0.4) is 0 Å². The fourth-order valence-electron chi connectivity index (χ4n) is 7.41. The number of piperazine rings is 1. The second kappa shape index (κ2) is 11.1. The van der Waals surface area contributed by atoms with Gasteiger partial charge in [-0.1, -0.05) is 24.3 Å². The lowest BCUT2D eigenvalue weighted by atomic mass is 10.0. The van der Waals surface area contributed by atoms with Gasteiger partial charge in [0.1, 0.15) is 16.8 Å². The van der Waals surface area contributed by atoms with E-state index in [2.05, 4.69) is 22.2 Å². The molecule has 2 fully saturated rings. The van der Waals surface area contributed by atoms with E-state index in [1.54, 1.807) is 39.6 Å². The molecule has 1 amide bonds. The molecule has 6 aromatic rings. The Labute approximate surface area is 267 Å². The van der Waals surface area contributed by atoms with E-state index in [4.69, 9.17) is 4.42 Å². The maximum absolute atomic E-state index is 16.0. The Bertz CT molecular complexity index is 2430. The predicted molar refractivity (Wildman–Crippen MR) is 182 cm³/mol. The molecular weight excluding hydrogens is 601 g/mol. The van der Waals surface area contributed by atoms with Gasteiger partial charge in [0, 0.05) is 66.5 Å². The summed E-state index contributed by atoms with van der Waals surface area (Å²) in [5, 5.41) is 4.20. The summed E-state index contributed by atoms with van der Waals surface area (Å²) in [6, 6.07) is 11.3. The highest BCUT2D eigenvalue weighted by atomic mass is 19.1. The normalized spacial score (nSPS) is 18.0. The number of hydrogen-bond donors (Lipinski definition) is 1. The zero-order valence-electron chi connectivity index (χ0n) is 26.3. The number of fused-ring (bicyclic) bond motifs is 4. The summed E-state index contributed by atoms with van der Waals surface area (Å²) >= 11 is 0. The highest BCUT2D eigenvalue weighted by Crippen LogP contribution is 2.35. The summed E-state index contributed by atoms with van der Waals surface area (Å²) in [4.78, 5) is 61.1. The van der Waals surface area contributed by atoms with Gasteiger partial charge in [-0.2, -0.15) is 0 Å². The molecule has 0 saturated carbocycles. The molecule has 0 bridgehead atoms. The van der Waals surface area contributed by atoms with Gasteiger partial charge in [0.05, 0.1) is 10.9 Å². The Balaban J connectivity index is 1.39. The molecule has 10 nitrogen and oxygen atoms in total. The van der Waals surface area contributed by atoms with Crippen molar-refractivity contribution in [2.24, 2.45) is 0 Å². The summed E-state index contributed by atoms with van der Waals surface area (Å²) in [7, 11) is 4.06. The third kappa shape index (κ3) is 4.67. The highest BCUT2D eigenvalue weighted by Gasteiger charge is 2.28. The zero-order valence-corrected chi connectivity index (χ0v) is 26.3. The van der Waals surface area contributed by atoms with E-state index in [0.29, 0.717) is 55.1 Å².